The average Bonchev–Trinajstić information content (AvgIpc) is 3.05. The van der Waals surface area contributed by atoms with Crippen LogP contribution in [-0.4, -0.2) is 28.4 Å². The molecule has 1 amide bonds. The van der Waals surface area contributed by atoms with Crippen molar-refractivity contribution in [3.63, 3.8) is 0 Å². The lowest BCUT2D eigenvalue weighted by atomic mass is 9.99. The first-order chi connectivity index (χ1) is 13.1. The summed E-state index contributed by atoms with van der Waals surface area (Å²) in [6, 6.07) is 13.6. The molecule has 0 aliphatic rings. The van der Waals surface area contributed by atoms with E-state index >= 15 is 0 Å². The summed E-state index contributed by atoms with van der Waals surface area (Å²) in [5.41, 5.74) is 3.53. The number of anilines is 1. The summed E-state index contributed by atoms with van der Waals surface area (Å²) in [7, 11) is 0. The summed E-state index contributed by atoms with van der Waals surface area (Å²) >= 11 is 1.43. The van der Waals surface area contributed by atoms with E-state index in [2.05, 4.69) is 10.3 Å². The smallest absolute Gasteiger partial charge is 0.223 e. The lowest BCUT2D eigenvalue weighted by Crippen LogP contribution is -2.04. The van der Waals surface area contributed by atoms with Gasteiger partial charge in [-0.3, -0.25) is 9.59 Å². The highest BCUT2D eigenvalue weighted by atomic mass is 32.1. The standard InChI is InChI=1S/C21H22N2O3S/c1-14(25)22-21-23-18-10-9-16(13-20(18)27-21)15-6-5-7-17(12-15)19(26)8-3-2-4-11-24/h5-7,9-10,12-13,24H,2-4,8,11H2,1H3,(H,22,23,25). The third kappa shape index (κ3) is 4.99. The first-order valence-corrected chi connectivity index (χ1v) is 9.81. The van der Waals surface area contributed by atoms with Gasteiger partial charge in [0.05, 0.1) is 10.2 Å². The number of ketones is 1. The zero-order chi connectivity index (χ0) is 19.2. The van der Waals surface area contributed by atoms with Gasteiger partial charge in [0.25, 0.3) is 0 Å². The van der Waals surface area contributed by atoms with Gasteiger partial charge in [-0.25, -0.2) is 4.98 Å². The number of aliphatic hydroxyl groups excluding tert-OH is 1. The Hall–Kier alpha value is -2.57. The van der Waals surface area contributed by atoms with Gasteiger partial charge in [0.1, 0.15) is 0 Å². The fourth-order valence-corrected chi connectivity index (χ4v) is 3.85. The topological polar surface area (TPSA) is 79.3 Å². The molecule has 1 aromatic heterocycles. The van der Waals surface area contributed by atoms with E-state index in [1.807, 2.05) is 42.5 Å². The molecule has 0 bridgehead atoms. The van der Waals surface area contributed by atoms with Crippen LogP contribution >= 0.6 is 11.3 Å². The molecule has 2 aromatic carbocycles. The molecule has 6 heteroatoms. The van der Waals surface area contributed by atoms with Gasteiger partial charge in [-0.05, 0) is 42.2 Å². The first-order valence-electron chi connectivity index (χ1n) is 8.99. The second-order valence-corrected chi connectivity index (χ2v) is 7.45. The first kappa shape index (κ1) is 19.2. The van der Waals surface area contributed by atoms with Crippen molar-refractivity contribution in [1.29, 1.82) is 0 Å². The van der Waals surface area contributed by atoms with E-state index in [9.17, 15) is 9.59 Å². The van der Waals surface area contributed by atoms with Gasteiger partial charge in [0.15, 0.2) is 10.9 Å². The fourth-order valence-electron chi connectivity index (χ4n) is 2.90. The van der Waals surface area contributed by atoms with E-state index < -0.39 is 0 Å². The lowest BCUT2D eigenvalue weighted by molar-refractivity contribution is -0.114. The zero-order valence-corrected chi connectivity index (χ0v) is 16.0. The van der Waals surface area contributed by atoms with Crippen molar-refractivity contribution < 1.29 is 14.7 Å². The molecule has 0 aliphatic heterocycles. The number of rotatable bonds is 8. The molecule has 3 aromatic rings. The highest BCUT2D eigenvalue weighted by Gasteiger charge is 2.10. The SMILES string of the molecule is CC(=O)Nc1nc2ccc(-c3cccc(C(=O)CCCCCO)c3)cc2s1. The number of hydrogen-bond acceptors (Lipinski definition) is 5. The summed E-state index contributed by atoms with van der Waals surface area (Å²) < 4.78 is 0.983. The number of nitrogens with one attached hydrogen (secondary N) is 1. The van der Waals surface area contributed by atoms with Gasteiger partial charge < -0.3 is 10.4 Å². The van der Waals surface area contributed by atoms with Crippen LogP contribution < -0.4 is 5.32 Å². The van der Waals surface area contributed by atoms with Crippen molar-refractivity contribution in [1.82, 2.24) is 4.98 Å². The molecule has 0 spiro atoms. The summed E-state index contributed by atoms with van der Waals surface area (Å²) in [5.74, 6) is -0.0129. The molecule has 0 atom stereocenters. The number of carbonyl (C=O) groups is 2. The molecule has 3 rings (SSSR count). The largest absolute Gasteiger partial charge is 0.396 e. The number of benzene rings is 2. The van der Waals surface area contributed by atoms with Crippen LogP contribution in [0.4, 0.5) is 5.13 Å². The molecule has 2 N–H and O–H groups in total. The Morgan fingerprint density at radius 3 is 2.67 bits per heavy atom. The Labute approximate surface area is 162 Å². The second kappa shape index (κ2) is 8.88. The van der Waals surface area contributed by atoms with Crippen LogP contribution in [0.1, 0.15) is 43.0 Å². The highest BCUT2D eigenvalue weighted by molar-refractivity contribution is 7.22. The molecular weight excluding hydrogens is 360 g/mol. The zero-order valence-electron chi connectivity index (χ0n) is 15.2. The molecular formula is C21H22N2O3S. The number of aliphatic hydroxyl groups is 1. The van der Waals surface area contributed by atoms with Gasteiger partial charge in [0, 0.05) is 25.5 Å². The van der Waals surface area contributed by atoms with Crippen LogP contribution in [0.25, 0.3) is 21.3 Å². The summed E-state index contributed by atoms with van der Waals surface area (Å²) in [6.07, 6.45) is 2.89. The Bertz CT molecular complexity index is 965. The average molecular weight is 382 g/mol. The van der Waals surface area contributed by atoms with Crippen LogP contribution in [0.2, 0.25) is 0 Å². The summed E-state index contributed by atoms with van der Waals surface area (Å²) in [5, 5.41) is 12.1. The predicted octanol–water partition coefficient (Wildman–Crippen LogP) is 4.66. The molecule has 27 heavy (non-hydrogen) atoms. The molecule has 140 valence electrons. The van der Waals surface area contributed by atoms with E-state index in [1.54, 1.807) is 0 Å². The number of unbranched alkanes of at least 4 members (excludes halogenated alkanes) is 2. The molecule has 0 radical (unpaired) electrons. The van der Waals surface area contributed by atoms with Gasteiger partial charge in [-0.2, -0.15) is 0 Å². The quantitative estimate of drug-likeness (QED) is 0.439. The summed E-state index contributed by atoms with van der Waals surface area (Å²) in [6.45, 7) is 1.64. The lowest BCUT2D eigenvalue weighted by Gasteiger charge is -2.05. The van der Waals surface area contributed by atoms with E-state index in [0.29, 0.717) is 17.1 Å². The molecule has 5 nitrogen and oxygen atoms in total. The van der Waals surface area contributed by atoms with Crippen molar-refractivity contribution in [2.45, 2.75) is 32.6 Å². The van der Waals surface area contributed by atoms with E-state index in [1.165, 1.54) is 18.3 Å². The minimum atomic E-state index is -0.139. The number of aromatic nitrogens is 1. The van der Waals surface area contributed by atoms with E-state index in [-0.39, 0.29) is 18.3 Å². The number of amides is 1. The van der Waals surface area contributed by atoms with Gasteiger partial charge in [-0.15, -0.1) is 0 Å². The molecule has 0 saturated carbocycles. The second-order valence-electron chi connectivity index (χ2n) is 6.42. The van der Waals surface area contributed by atoms with Crippen LogP contribution in [0.5, 0.6) is 0 Å². The number of fused-ring (bicyclic) bond motifs is 1. The predicted molar refractivity (Wildman–Crippen MR) is 109 cm³/mol. The van der Waals surface area contributed by atoms with Crippen molar-refractivity contribution in [2.24, 2.45) is 0 Å². The van der Waals surface area contributed by atoms with Crippen LogP contribution in [-0.2, 0) is 4.79 Å². The Kier molecular flexibility index (Phi) is 6.32. The van der Waals surface area contributed by atoms with Crippen LogP contribution in [0, 0.1) is 0 Å². The maximum absolute atomic E-state index is 12.4. The number of carbonyl (C=O) groups excluding carboxylic acids is 2. The number of hydrogen-bond donors (Lipinski definition) is 2. The minimum absolute atomic E-state index is 0.126. The minimum Gasteiger partial charge on any atom is -0.396 e. The fraction of sp³-hybridized carbons (Fsp3) is 0.286. The Morgan fingerprint density at radius 1 is 1.07 bits per heavy atom. The number of thiazole rings is 1. The third-order valence-corrected chi connectivity index (χ3v) is 5.18. The van der Waals surface area contributed by atoms with Crippen molar-refractivity contribution in [3.8, 4) is 11.1 Å². The maximum atomic E-state index is 12.4. The van der Waals surface area contributed by atoms with E-state index in [0.717, 1.165) is 40.6 Å². The van der Waals surface area contributed by atoms with E-state index in [4.69, 9.17) is 5.11 Å². The Morgan fingerprint density at radius 2 is 1.89 bits per heavy atom. The third-order valence-electron chi connectivity index (χ3n) is 4.25. The van der Waals surface area contributed by atoms with Gasteiger partial charge >= 0.3 is 0 Å². The number of Topliss-reactive ketones (excluding diaryl/α,β-unsaturated/α-hetero) is 1. The van der Waals surface area contributed by atoms with Gasteiger partial charge in [0.2, 0.25) is 5.91 Å². The van der Waals surface area contributed by atoms with Crippen LogP contribution in [0.3, 0.4) is 0 Å². The van der Waals surface area contributed by atoms with Crippen molar-refractivity contribution in [3.05, 3.63) is 48.0 Å². The maximum Gasteiger partial charge on any atom is 0.223 e. The highest BCUT2D eigenvalue weighted by Crippen LogP contribution is 2.31. The molecule has 1 heterocycles. The molecule has 0 fully saturated rings. The molecule has 0 aliphatic carbocycles. The van der Waals surface area contributed by atoms with Crippen molar-refractivity contribution in [2.75, 3.05) is 11.9 Å². The monoisotopic (exact) mass is 382 g/mol. The van der Waals surface area contributed by atoms with Crippen molar-refractivity contribution >= 4 is 38.4 Å². The summed E-state index contributed by atoms with van der Waals surface area (Å²) in [4.78, 5) is 28.0. The molecule has 0 unspecified atom stereocenters. The molecule has 0 saturated heterocycles. The van der Waals surface area contributed by atoms with Gasteiger partial charge in [-0.1, -0.05) is 42.0 Å². The normalized spacial score (nSPS) is 10.9. The van der Waals surface area contributed by atoms with Crippen LogP contribution in [0.15, 0.2) is 42.5 Å². The Balaban J connectivity index is 1.79. The number of nitrogens with zero attached hydrogens (tertiary/aromatic N) is 1.